The van der Waals surface area contributed by atoms with E-state index < -0.39 is 6.09 Å². The number of fused-ring (bicyclic) bond motifs is 3. The monoisotopic (exact) mass is 922 g/mol. The number of amides is 9. The van der Waals surface area contributed by atoms with Gasteiger partial charge < -0.3 is 52.0 Å². The molecule has 1 atom stereocenters. The number of para-hydroxylation sites is 1. The average Bonchev–Trinajstić information content (AvgIpc) is 3.64. The zero-order chi connectivity index (χ0) is 47.9. The highest BCUT2D eigenvalue weighted by Gasteiger charge is 2.29. The predicted octanol–water partition coefficient (Wildman–Crippen LogP) is 10.2. The number of benzene rings is 5. The number of nitrogens with one attached hydrogen (secondary N) is 9. The third-order valence-electron chi connectivity index (χ3n) is 11.0. The van der Waals surface area contributed by atoms with Crippen LogP contribution in [0.1, 0.15) is 80.0 Å². The average molecular weight is 923 g/mol. The van der Waals surface area contributed by atoms with Gasteiger partial charge in [0.15, 0.2) is 0 Å². The molecule has 0 radical (unpaired) electrons. The van der Waals surface area contributed by atoms with Crippen molar-refractivity contribution in [3.8, 4) is 17.4 Å². The summed E-state index contributed by atoms with van der Waals surface area (Å²) in [4.78, 5) is 62.7. The van der Waals surface area contributed by atoms with Gasteiger partial charge in [0.25, 0.3) is 6.26 Å². The van der Waals surface area contributed by atoms with Gasteiger partial charge in [0.05, 0.1) is 6.61 Å². The van der Waals surface area contributed by atoms with Gasteiger partial charge in [-0.1, -0.05) is 87.2 Å². The van der Waals surface area contributed by atoms with Crippen molar-refractivity contribution in [3.05, 3.63) is 138 Å². The Labute approximate surface area is 396 Å². The molecule has 6 rings (SSSR count). The van der Waals surface area contributed by atoms with Crippen LogP contribution in [0.3, 0.4) is 0 Å². The summed E-state index contributed by atoms with van der Waals surface area (Å²) in [6, 6.07) is 33.6. The van der Waals surface area contributed by atoms with Gasteiger partial charge in [-0.05, 0) is 113 Å². The van der Waals surface area contributed by atoms with Crippen molar-refractivity contribution in [1.29, 1.82) is 5.26 Å². The molecule has 0 aliphatic heterocycles. The van der Waals surface area contributed by atoms with Gasteiger partial charge in [0, 0.05) is 60.5 Å². The molecule has 9 N–H and O–H groups in total. The summed E-state index contributed by atoms with van der Waals surface area (Å²) in [6.45, 7) is 3.74. The quantitative estimate of drug-likeness (QED) is 0.0239. The van der Waals surface area contributed by atoms with Gasteiger partial charge >= 0.3 is 30.2 Å². The summed E-state index contributed by atoms with van der Waals surface area (Å²) < 4.78 is 10.0. The Bertz CT molecular complexity index is 2510. The topological polar surface area (TPSA) is 236 Å². The number of anilines is 5. The molecule has 17 heteroatoms. The molecule has 1 aliphatic carbocycles. The Hall–Kier alpha value is -8.26. The smallest absolute Gasteiger partial charge is 0.411 e. The first-order valence-corrected chi connectivity index (χ1v) is 22.8. The van der Waals surface area contributed by atoms with E-state index in [-0.39, 0.29) is 49.8 Å². The van der Waals surface area contributed by atoms with Crippen LogP contribution in [0.5, 0.6) is 0 Å². The van der Waals surface area contributed by atoms with E-state index in [1.807, 2.05) is 54.6 Å². The van der Waals surface area contributed by atoms with Crippen molar-refractivity contribution in [3.63, 3.8) is 0 Å². The lowest BCUT2D eigenvalue weighted by molar-refractivity contribution is 0.160. The number of rotatable bonds is 22. The van der Waals surface area contributed by atoms with Gasteiger partial charge in [-0.3, -0.25) is 5.32 Å². The van der Waals surface area contributed by atoms with Crippen molar-refractivity contribution in [2.45, 2.75) is 70.9 Å². The minimum Gasteiger partial charge on any atom is -0.449 e. The maximum atomic E-state index is 12.9. The van der Waals surface area contributed by atoms with Gasteiger partial charge in [-0.25, -0.2) is 24.0 Å². The lowest BCUT2D eigenvalue weighted by Crippen LogP contribution is -2.34. The Balaban J connectivity index is 0.900. The SMILES string of the molecule is CCCCCCC1c2cc(NC(=O)NCCCNC(=O)Nc3ccc(COC#N)cc3)ccc2-c2ccc(NC(=O)NCCCOC(=O)Nc3ccc(CNC(=O)Nc4ccccc4)cc3)cc21. The van der Waals surface area contributed by atoms with Crippen LogP contribution in [-0.2, 0) is 22.6 Å². The molecule has 17 nitrogen and oxygen atoms in total. The Morgan fingerprint density at radius 1 is 0.529 bits per heavy atom. The molecule has 0 spiro atoms. The number of urea groups is 4. The van der Waals surface area contributed by atoms with Crippen molar-refractivity contribution in [1.82, 2.24) is 21.3 Å². The summed E-state index contributed by atoms with van der Waals surface area (Å²) in [5.74, 6) is 0.0795. The van der Waals surface area contributed by atoms with Crippen molar-refractivity contribution in [2.24, 2.45) is 0 Å². The van der Waals surface area contributed by atoms with Gasteiger partial charge in [0.2, 0.25) is 0 Å². The standard InChI is InChI=1S/C51H58N10O7/c1-2-3-4-8-13-42-45-30-40(59-48(63)54-27-9-26-53-47(62)58-38-20-16-36(17-21-38)33-67-34-52)22-24-43(45)44-25-23-41(31-46(42)44)60-49(64)55-28-10-29-68-51(66)61-39-18-14-35(15-19-39)32-56-50(65)57-37-11-6-5-7-12-37/h5-7,11-12,14-25,30-31,42H,2-4,8-10,13,26-29,32-33H2,1H3,(H,61,66)(H2,53,58,62)(H2,54,59,63)(H2,55,60,64)(H2,56,57,65). The predicted molar refractivity (Wildman–Crippen MR) is 263 cm³/mol. The zero-order valence-corrected chi connectivity index (χ0v) is 38.0. The van der Waals surface area contributed by atoms with Crippen molar-refractivity contribution in [2.75, 3.05) is 52.8 Å². The van der Waals surface area contributed by atoms with E-state index in [9.17, 15) is 24.0 Å². The fourth-order valence-corrected chi connectivity index (χ4v) is 7.60. The number of unbranched alkanes of at least 4 members (excludes halogenated alkanes) is 3. The molecule has 1 aliphatic rings. The molecule has 0 saturated heterocycles. The fourth-order valence-electron chi connectivity index (χ4n) is 7.60. The highest BCUT2D eigenvalue weighted by molar-refractivity contribution is 5.93. The van der Waals surface area contributed by atoms with E-state index in [0.29, 0.717) is 60.9 Å². The van der Waals surface area contributed by atoms with E-state index in [1.165, 1.54) is 0 Å². The minimum absolute atomic E-state index is 0.0795. The molecular formula is C51H58N10O7. The van der Waals surface area contributed by atoms with Crippen LogP contribution in [0.2, 0.25) is 0 Å². The second kappa shape index (κ2) is 26.0. The molecule has 0 aromatic heterocycles. The molecule has 5 aromatic carbocycles. The van der Waals surface area contributed by atoms with E-state index in [4.69, 9.17) is 14.7 Å². The fraction of sp³-hybridized carbons (Fsp3) is 0.294. The van der Waals surface area contributed by atoms with E-state index >= 15 is 0 Å². The first kappa shape index (κ1) is 49.2. The Kier molecular flexibility index (Phi) is 18.8. The van der Waals surface area contributed by atoms with Gasteiger partial charge in [-0.15, -0.1) is 0 Å². The van der Waals surface area contributed by atoms with E-state index in [1.54, 1.807) is 66.9 Å². The highest BCUT2D eigenvalue weighted by atomic mass is 16.5. The Morgan fingerprint density at radius 2 is 1.03 bits per heavy atom. The third-order valence-corrected chi connectivity index (χ3v) is 11.0. The van der Waals surface area contributed by atoms with Crippen LogP contribution >= 0.6 is 0 Å². The molecular weight excluding hydrogens is 865 g/mol. The maximum Gasteiger partial charge on any atom is 0.411 e. The zero-order valence-electron chi connectivity index (χ0n) is 38.0. The molecule has 5 aromatic rings. The number of hydrogen-bond acceptors (Lipinski definition) is 8. The Morgan fingerprint density at radius 3 is 1.60 bits per heavy atom. The van der Waals surface area contributed by atoms with Gasteiger partial charge in [-0.2, -0.15) is 5.26 Å². The van der Waals surface area contributed by atoms with E-state index in [0.717, 1.165) is 65.5 Å². The molecule has 68 heavy (non-hydrogen) atoms. The number of carbonyl (C=O) groups excluding carboxylic acids is 5. The molecule has 1 unspecified atom stereocenters. The molecule has 354 valence electrons. The highest BCUT2D eigenvalue weighted by Crippen LogP contribution is 2.48. The van der Waals surface area contributed by atoms with Crippen molar-refractivity contribution < 1.29 is 33.4 Å². The largest absolute Gasteiger partial charge is 0.449 e. The number of nitrogens with zero attached hydrogens (tertiary/aromatic N) is 1. The summed E-state index contributed by atoms with van der Waals surface area (Å²) in [5.41, 5.74) is 9.24. The summed E-state index contributed by atoms with van der Waals surface area (Å²) in [6.07, 6.45) is 7.25. The van der Waals surface area contributed by atoms with Crippen LogP contribution in [-0.4, -0.2) is 56.5 Å². The second-order valence-corrected chi connectivity index (χ2v) is 16.1. The lowest BCUT2D eigenvalue weighted by Gasteiger charge is -2.16. The van der Waals surface area contributed by atoms with Crippen molar-refractivity contribution >= 4 is 58.7 Å². The normalized spacial score (nSPS) is 11.9. The second-order valence-electron chi connectivity index (χ2n) is 16.1. The molecule has 0 saturated carbocycles. The van der Waals surface area contributed by atoms with Crippen LogP contribution in [0.4, 0.5) is 52.4 Å². The summed E-state index contributed by atoms with van der Waals surface area (Å²) in [7, 11) is 0. The van der Waals surface area contributed by atoms with Crippen LogP contribution in [0.15, 0.2) is 115 Å². The van der Waals surface area contributed by atoms with Crippen LogP contribution in [0, 0.1) is 11.5 Å². The minimum atomic E-state index is -0.619. The number of ether oxygens (including phenoxy) is 2. The van der Waals surface area contributed by atoms with Crippen LogP contribution in [0.25, 0.3) is 11.1 Å². The first-order chi connectivity index (χ1) is 33.2. The first-order valence-electron chi connectivity index (χ1n) is 22.8. The molecule has 0 heterocycles. The number of hydrogen-bond donors (Lipinski definition) is 9. The number of carbonyl (C=O) groups is 5. The van der Waals surface area contributed by atoms with Crippen LogP contribution < -0.4 is 47.9 Å². The third kappa shape index (κ3) is 15.7. The summed E-state index contributed by atoms with van der Waals surface area (Å²) >= 11 is 0. The molecule has 9 amide bonds. The van der Waals surface area contributed by atoms with Gasteiger partial charge in [0.1, 0.15) is 6.61 Å². The summed E-state index contributed by atoms with van der Waals surface area (Å²) in [5, 5.41) is 33.9. The molecule has 0 bridgehead atoms. The van der Waals surface area contributed by atoms with E-state index in [2.05, 4.69) is 54.8 Å². The lowest BCUT2D eigenvalue weighted by atomic mass is 9.90. The maximum absolute atomic E-state index is 12.9. The number of nitriles is 1. The molecule has 0 fully saturated rings.